The highest BCUT2D eigenvalue weighted by Crippen LogP contribution is 2.22. The molecule has 4 aromatic rings. The van der Waals surface area contributed by atoms with Gasteiger partial charge in [0, 0.05) is 11.5 Å². The number of Topliss-reactive ketones (excluding diaryl/α,β-unsaturated/α-hetero) is 1. The summed E-state index contributed by atoms with van der Waals surface area (Å²) in [5.41, 5.74) is 5.24. The Bertz CT molecular complexity index is 1650. The highest BCUT2D eigenvalue weighted by atomic mass is 32.1. The molecule has 0 aliphatic heterocycles. The van der Waals surface area contributed by atoms with Gasteiger partial charge in [-0.25, -0.2) is 0 Å². The molecule has 40 heavy (non-hydrogen) atoms. The molecule has 6 heteroatoms. The first-order valence-electron chi connectivity index (χ1n) is 13.4. The van der Waals surface area contributed by atoms with E-state index in [4.69, 9.17) is 0 Å². The van der Waals surface area contributed by atoms with E-state index >= 15 is 0 Å². The molecule has 1 amide bonds. The third-order valence-electron chi connectivity index (χ3n) is 6.82. The number of aryl methyl sites for hydroxylation is 3. The predicted octanol–water partition coefficient (Wildman–Crippen LogP) is 4.97. The molecule has 0 fully saturated rings. The molecule has 0 aliphatic rings. The van der Waals surface area contributed by atoms with Crippen LogP contribution in [0.15, 0.2) is 77.6 Å². The quantitative estimate of drug-likeness (QED) is 0.352. The van der Waals surface area contributed by atoms with Gasteiger partial charge in [-0.05, 0) is 54.7 Å². The summed E-state index contributed by atoms with van der Waals surface area (Å²) in [6.45, 7) is 11.4. The van der Waals surface area contributed by atoms with Gasteiger partial charge in [0.25, 0.3) is 5.56 Å². The number of amides is 1. The molecule has 0 bridgehead atoms. The number of carbonyl (C=O) groups excluding carboxylic acids is 2. The Morgan fingerprint density at radius 1 is 0.900 bits per heavy atom. The largest absolute Gasteiger partial charge is 0.344 e. The first-order chi connectivity index (χ1) is 18.9. The molecule has 5 nitrogen and oxygen atoms in total. The Balaban J connectivity index is 1.78. The molecule has 0 saturated heterocycles. The van der Waals surface area contributed by atoms with Gasteiger partial charge in [-0.1, -0.05) is 99.1 Å². The fourth-order valence-corrected chi connectivity index (χ4v) is 5.69. The van der Waals surface area contributed by atoms with Gasteiger partial charge in [0.1, 0.15) is 11.2 Å². The summed E-state index contributed by atoms with van der Waals surface area (Å²) in [5.74, 6) is -0.423. The first-order valence-corrected chi connectivity index (χ1v) is 14.2. The number of rotatable bonds is 7. The molecule has 0 atom stereocenters. The summed E-state index contributed by atoms with van der Waals surface area (Å²) < 4.78 is 2.37. The molecule has 0 spiro atoms. The summed E-state index contributed by atoms with van der Waals surface area (Å²) in [5, 5.41) is 3.12. The third kappa shape index (κ3) is 6.75. The monoisotopic (exact) mass is 552 g/mol. The van der Waals surface area contributed by atoms with Crippen molar-refractivity contribution < 1.29 is 9.59 Å². The molecular weight excluding hydrogens is 516 g/mol. The summed E-state index contributed by atoms with van der Waals surface area (Å²) in [6.07, 6.45) is 3.37. The van der Waals surface area contributed by atoms with E-state index in [1.807, 2.05) is 108 Å². The Hall–Kier alpha value is -4.03. The number of nitrogens with one attached hydrogen (secondary N) is 1. The fraction of sp³-hybridized carbons (Fsp3) is 0.265. The average molecular weight is 553 g/mol. The van der Waals surface area contributed by atoms with Gasteiger partial charge in [0.15, 0.2) is 5.78 Å². The molecule has 0 saturated carbocycles. The normalized spacial score (nSPS) is 12.7. The number of nitrogens with zero attached hydrogens (tertiary/aromatic N) is 1. The van der Waals surface area contributed by atoms with Crippen LogP contribution in [0.2, 0.25) is 0 Å². The summed E-state index contributed by atoms with van der Waals surface area (Å²) >= 11 is 1.24. The van der Waals surface area contributed by atoms with Crippen LogP contribution in [0.25, 0.3) is 12.2 Å². The van der Waals surface area contributed by atoms with E-state index in [1.54, 1.807) is 0 Å². The SMILES string of the molecule is Cc1cc(C)c(/C=c2/s/c(=C\C(=O)C(C)(C)C)n(CC(=O)NC(c3ccccc3)c3ccccc3)c2=O)c(C)c1. The van der Waals surface area contributed by atoms with E-state index in [0.29, 0.717) is 9.20 Å². The molecule has 0 unspecified atom stereocenters. The summed E-state index contributed by atoms with van der Waals surface area (Å²) in [7, 11) is 0. The Morgan fingerprint density at radius 3 is 1.93 bits per heavy atom. The molecule has 4 rings (SSSR count). The minimum Gasteiger partial charge on any atom is -0.344 e. The lowest BCUT2D eigenvalue weighted by molar-refractivity contribution is -0.122. The molecular formula is C34H36N2O3S. The van der Waals surface area contributed by atoms with Crippen LogP contribution in [0, 0.1) is 26.2 Å². The number of thiazole rings is 1. The van der Waals surface area contributed by atoms with Gasteiger partial charge in [-0.3, -0.25) is 19.0 Å². The van der Waals surface area contributed by atoms with Crippen molar-refractivity contribution in [1.29, 1.82) is 0 Å². The van der Waals surface area contributed by atoms with E-state index in [2.05, 4.69) is 17.4 Å². The smallest absolute Gasteiger partial charge is 0.269 e. The number of hydrogen-bond donors (Lipinski definition) is 1. The van der Waals surface area contributed by atoms with Crippen molar-refractivity contribution in [1.82, 2.24) is 9.88 Å². The highest BCUT2D eigenvalue weighted by molar-refractivity contribution is 7.07. The number of aromatic nitrogens is 1. The van der Waals surface area contributed by atoms with Crippen molar-refractivity contribution in [2.45, 2.75) is 54.1 Å². The van der Waals surface area contributed by atoms with Crippen LogP contribution in [0.3, 0.4) is 0 Å². The average Bonchev–Trinajstić information content (AvgIpc) is 3.18. The first kappa shape index (κ1) is 29.0. The van der Waals surface area contributed by atoms with Crippen molar-refractivity contribution in [2.75, 3.05) is 0 Å². The van der Waals surface area contributed by atoms with Crippen LogP contribution < -0.4 is 20.1 Å². The van der Waals surface area contributed by atoms with E-state index in [1.165, 1.54) is 22.0 Å². The molecule has 3 aromatic carbocycles. The van der Waals surface area contributed by atoms with Gasteiger partial charge in [-0.2, -0.15) is 0 Å². The summed E-state index contributed by atoms with van der Waals surface area (Å²) in [4.78, 5) is 40.2. The van der Waals surface area contributed by atoms with Crippen molar-refractivity contribution in [2.24, 2.45) is 5.41 Å². The molecule has 1 heterocycles. The Morgan fingerprint density at radius 2 is 1.43 bits per heavy atom. The predicted molar refractivity (Wildman–Crippen MR) is 164 cm³/mol. The second-order valence-electron chi connectivity index (χ2n) is 11.2. The lowest BCUT2D eigenvalue weighted by atomic mass is 9.91. The Labute approximate surface area is 239 Å². The second kappa shape index (κ2) is 12.0. The van der Waals surface area contributed by atoms with Crippen LogP contribution in [0.5, 0.6) is 0 Å². The van der Waals surface area contributed by atoms with Crippen LogP contribution in [0.1, 0.15) is 60.2 Å². The van der Waals surface area contributed by atoms with Crippen LogP contribution in [-0.2, 0) is 16.1 Å². The topological polar surface area (TPSA) is 68.2 Å². The van der Waals surface area contributed by atoms with Gasteiger partial charge < -0.3 is 5.32 Å². The lowest BCUT2D eigenvalue weighted by Crippen LogP contribution is -2.40. The van der Waals surface area contributed by atoms with Crippen molar-refractivity contribution >= 4 is 35.2 Å². The van der Waals surface area contributed by atoms with Crippen LogP contribution in [0.4, 0.5) is 0 Å². The minimum absolute atomic E-state index is 0.108. The van der Waals surface area contributed by atoms with Crippen molar-refractivity contribution in [3.05, 3.63) is 126 Å². The van der Waals surface area contributed by atoms with Crippen LogP contribution in [-0.4, -0.2) is 16.3 Å². The maximum Gasteiger partial charge on any atom is 0.269 e. The zero-order valence-electron chi connectivity index (χ0n) is 23.9. The fourth-order valence-electron chi connectivity index (χ4n) is 4.67. The molecule has 0 aliphatic carbocycles. The minimum atomic E-state index is -0.618. The number of benzene rings is 3. The maximum atomic E-state index is 13.7. The van der Waals surface area contributed by atoms with Gasteiger partial charge in [0.2, 0.25) is 5.91 Å². The standard InChI is InChI=1S/C34H36N2O3S/c1-22-17-23(2)27(24(3)18-22)19-28-33(39)36(31(40-28)20-29(37)34(4,5)6)21-30(38)35-32(25-13-9-7-10-14-25)26-15-11-8-12-16-26/h7-20,32H,21H2,1-6H3,(H,35,38)/b28-19+,31-20-. The Kier molecular flexibility index (Phi) is 8.70. The third-order valence-corrected chi connectivity index (χ3v) is 7.88. The van der Waals surface area contributed by atoms with E-state index in [-0.39, 0.29) is 29.8 Å². The van der Waals surface area contributed by atoms with Crippen molar-refractivity contribution in [3.8, 4) is 0 Å². The van der Waals surface area contributed by atoms with Crippen molar-refractivity contribution in [3.63, 3.8) is 0 Å². The molecule has 206 valence electrons. The van der Waals surface area contributed by atoms with E-state index in [9.17, 15) is 14.4 Å². The van der Waals surface area contributed by atoms with Gasteiger partial charge >= 0.3 is 0 Å². The zero-order chi connectivity index (χ0) is 29.0. The summed E-state index contributed by atoms with van der Waals surface area (Å²) in [6, 6.07) is 23.3. The zero-order valence-corrected chi connectivity index (χ0v) is 24.8. The number of ketones is 1. The highest BCUT2D eigenvalue weighted by Gasteiger charge is 2.21. The maximum absolute atomic E-state index is 13.7. The van der Waals surface area contributed by atoms with E-state index in [0.717, 1.165) is 33.4 Å². The number of hydrogen-bond acceptors (Lipinski definition) is 4. The van der Waals surface area contributed by atoms with Crippen LogP contribution >= 0.6 is 11.3 Å². The van der Waals surface area contributed by atoms with E-state index < -0.39 is 5.41 Å². The van der Waals surface area contributed by atoms with Gasteiger partial charge in [-0.15, -0.1) is 11.3 Å². The molecule has 1 N–H and O–H groups in total. The second-order valence-corrected chi connectivity index (χ2v) is 12.3. The molecule has 0 radical (unpaired) electrons. The number of carbonyl (C=O) groups is 2. The van der Waals surface area contributed by atoms with Gasteiger partial charge in [0.05, 0.1) is 10.6 Å². The lowest BCUT2D eigenvalue weighted by Gasteiger charge is -2.20. The molecule has 1 aromatic heterocycles.